The topological polar surface area (TPSA) is 84.9 Å². The van der Waals surface area contributed by atoms with Gasteiger partial charge in [-0.3, -0.25) is 9.59 Å². The number of amides is 2. The van der Waals surface area contributed by atoms with E-state index in [1.54, 1.807) is 33.9 Å². The molecule has 8 heteroatoms. The molecule has 26 heavy (non-hydrogen) atoms. The van der Waals surface area contributed by atoms with Gasteiger partial charge in [0.05, 0.1) is 25.5 Å². The monoisotopic (exact) mass is 374 g/mol. The van der Waals surface area contributed by atoms with Gasteiger partial charge in [-0.25, -0.2) is 4.79 Å². The maximum atomic E-state index is 12.7. The highest BCUT2D eigenvalue weighted by molar-refractivity contribution is 7.08. The predicted octanol–water partition coefficient (Wildman–Crippen LogP) is 2.92. The number of hydrogen-bond donors (Lipinski definition) is 1. The number of carbonyl (C=O) groups is 3. The van der Waals surface area contributed by atoms with Gasteiger partial charge in [-0.15, -0.1) is 11.3 Å². The molecule has 0 atom stereocenters. The molecule has 0 bridgehead atoms. The second-order valence-electron chi connectivity index (χ2n) is 5.71. The van der Waals surface area contributed by atoms with Crippen molar-refractivity contribution >= 4 is 40.5 Å². The number of benzene rings is 1. The number of rotatable bonds is 5. The molecule has 2 amide bonds. The van der Waals surface area contributed by atoms with Crippen LogP contribution >= 0.6 is 11.3 Å². The van der Waals surface area contributed by atoms with E-state index in [0.717, 1.165) is 6.42 Å². The van der Waals surface area contributed by atoms with Crippen LogP contribution in [0.25, 0.3) is 0 Å². The maximum absolute atomic E-state index is 12.7. The highest BCUT2D eigenvalue weighted by Crippen LogP contribution is 2.29. The zero-order valence-electron chi connectivity index (χ0n) is 14.4. The van der Waals surface area contributed by atoms with Crippen molar-refractivity contribution in [1.82, 2.24) is 0 Å². The molecule has 1 aliphatic heterocycles. The van der Waals surface area contributed by atoms with E-state index in [-0.39, 0.29) is 5.91 Å². The van der Waals surface area contributed by atoms with E-state index in [9.17, 15) is 14.4 Å². The quantitative estimate of drug-likeness (QED) is 0.814. The number of thiophene rings is 1. The van der Waals surface area contributed by atoms with E-state index < -0.39 is 11.9 Å². The zero-order chi connectivity index (χ0) is 18.7. The van der Waals surface area contributed by atoms with Crippen LogP contribution in [0.2, 0.25) is 0 Å². The molecule has 7 nitrogen and oxygen atoms in total. The lowest BCUT2D eigenvalue weighted by Gasteiger charge is -2.18. The fourth-order valence-corrected chi connectivity index (χ4v) is 3.51. The lowest BCUT2D eigenvalue weighted by atomic mass is 10.1. The first kappa shape index (κ1) is 17.9. The summed E-state index contributed by atoms with van der Waals surface area (Å²) in [6.45, 7) is 0.615. The molecule has 0 aliphatic carbocycles. The second kappa shape index (κ2) is 7.57. The summed E-state index contributed by atoms with van der Waals surface area (Å²) >= 11 is 1.29. The number of methoxy groups -OCH3 is 2. The third-order valence-electron chi connectivity index (χ3n) is 4.09. The first-order chi connectivity index (χ1) is 12.5. The molecule has 1 saturated heterocycles. The summed E-state index contributed by atoms with van der Waals surface area (Å²) in [5.74, 6) is -0.419. The first-order valence-electron chi connectivity index (χ1n) is 7.98. The van der Waals surface area contributed by atoms with Gasteiger partial charge in [-0.1, -0.05) is 0 Å². The fraction of sp³-hybridized carbons (Fsp3) is 0.278. The van der Waals surface area contributed by atoms with E-state index in [4.69, 9.17) is 9.47 Å². The van der Waals surface area contributed by atoms with Gasteiger partial charge in [0.25, 0.3) is 5.91 Å². The van der Waals surface area contributed by atoms with Gasteiger partial charge in [0, 0.05) is 41.0 Å². The lowest BCUT2D eigenvalue weighted by Crippen LogP contribution is -2.24. The fourth-order valence-electron chi connectivity index (χ4n) is 2.77. The Kier molecular flexibility index (Phi) is 5.22. The molecule has 2 heterocycles. The van der Waals surface area contributed by atoms with Crippen LogP contribution < -0.4 is 15.0 Å². The van der Waals surface area contributed by atoms with Crippen LogP contribution in [0.1, 0.15) is 33.6 Å². The Hall–Kier alpha value is -2.87. The standard InChI is InChI=1S/C18H18N2O5S/c1-24-13-7-11(6-12(8-13)20-5-3-4-16(20)21)17(22)19-15-10-26-9-14(15)18(23)25-2/h6-10H,3-5H2,1-2H3,(H,19,22). The van der Waals surface area contributed by atoms with E-state index in [0.29, 0.717) is 41.2 Å². The largest absolute Gasteiger partial charge is 0.497 e. The van der Waals surface area contributed by atoms with Crippen molar-refractivity contribution in [2.75, 3.05) is 31.0 Å². The number of esters is 1. The van der Waals surface area contributed by atoms with Crippen molar-refractivity contribution in [1.29, 1.82) is 0 Å². The SMILES string of the molecule is COC(=O)c1cscc1NC(=O)c1cc(OC)cc(N2CCCC2=O)c1. The molecule has 3 rings (SSSR count). The highest BCUT2D eigenvalue weighted by atomic mass is 32.1. The summed E-state index contributed by atoms with van der Waals surface area (Å²) in [6, 6.07) is 4.96. The van der Waals surface area contributed by atoms with Crippen molar-refractivity contribution in [2.45, 2.75) is 12.8 Å². The normalized spacial score (nSPS) is 13.6. The van der Waals surface area contributed by atoms with Crippen LogP contribution in [0.5, 0.6) is 5.75 Å². The van der Waals surface area contributed by atoms with E-state index in [1.807, 2.05) is 0 Å². The molecular formula is C18H18N2O5S. The molecule has 136 valence electrons. The van der Waals surface area contributed by atoms with Crippen LogP contribution in [-0.2, 0) is 9.53 Å². The summed E-state index contributed by atoms with van der Waals surface area (Å²) in [7, 11) is 2.79. The van der Waals surface area contributed by atoms with Gasteiger partial charge >= 0.3 is 5.97 Å². The first-order valence-corrected chi connectivity index (χ1v) is 8.93. The average Bonchev–Trinajstić information content (AvgIpc) is 3.29. The third-order valence-corrected chi connectivity index (χ3v) is 4.83. The summed E-state index contributed by atoms with van der Waals surface area (Å²) in [5, 5.41) is 5.99. The minimum absolute atomic E-state index is 0.0235. The summed E-state index contributed by atoms with van der Waals surface area (Å²) < 4.78 is 9.97. The number of hydrogen-bond acceptors (Lipinski definition) is 6. The maximum Gasteiger partial charge on any atom is 0.340 e. The molecule has 0 saturated carbocycles. The number of nitrogens with zero attached hydrogens (tertiary/aromatic N) is 1. The van der Waals surface area contributed by atoms with E-state index >= 15 is 0 Å². The van der Waals surface area contributed by atoms with E-state index in [2.05, 4.69) is 5.32 Å². The van der Waals surface area contributed by atoms with Gasteiger partial charge in [0.2, 0.25) is 5.91 Å². The number of carbonyl (C=O) groups excluding carboxylic acids is 3. The Balaban J connectivity index is 1.88. The molecule has 0 radical (unpaired) electrons. The average molecular weight is 374 g/mol. The molecule has 1 aromatic carbocycles. The molecule has 0 spiro atoms. The van der Waals surface area contributed by atoms with Crippen LogP contribution in [0, 0.1) is 0 Å². The van der Waals surface area contributed by atoms with Crippen LogP contribution in [0.3, 0.4) is 0 Å². The smallest absolute Gasteiger partial charge is 0.340 e. The van der Waals surface area contributed by atoms with Gasteiger partial charge in [0.1, 0.15) is 5.75 Å². The summed E-state index contributed by atoms with van der Waals surface area (Å²) in [6.07, 6.45) is 1.28. The van der Waals surface area contributed by atoms with Crippen LogP contribution in [0.15, 0.2) is 29.0 Å². The molecule has 0 unspecified atom stereocenters. The summed E-state index contributed by atoms with van der Waals surface area (Å²) in [5.41, 5.74) is 1.63. The van der Waals surface area contributed by atoms with Crippen molar-refractivity contribution in [3.8, 4) is 5.75 Å². The van der Waals surface area contributed by atoms with Crippen LogP contribution in [-0.4, -0.2) is 38.5 Å². The number of nitrogens with one attached hydrogen (secondary N) is 1. The predicted molar refractivity (Wildman–Crippen MR) is 98.2 cm³/mol. The molecular weight excluding hydrogens is 356 g/mol. The Morgan fingerprint density at radius 3 is 2.65 bits per heavy atom. The Bertz CT molecular complexity index is 861. The van der Waals surface area contributed by atoms with Gasteiger partial charge in [-0.2, -0.15) is 0 Å². The molecule has 1 fully saturated rings. The van der Waals surface area contributed by atoms with Crippen molar-refractivity contribution < 1.29 is 23.9 Å². The third kappa shape index (κ3) is 3.55. The van der Waals surface area contributed by atoms with Gasteiger partial charge in [0.15, 0.2) is 0 Å². The van der Waals surface area contributed by atoms with Crippen molar-refractivity contribution in [3.05, 3.63) is 40.1 Å². The van der Waals surface area contributed by atoms with Crippen molar-refractivity contribution in [2.24, 2.45) is 0 Å². The Morgan fingerprint density at radius 2 is 2.00 bits per heavy atom. The number of ether oxygens (including phenoxy) is 2. The summed E-state index contributed by atoms with van der Waals surface area (Å²) in [4.78, 5) is 38.1. The second-order valence-corrected chi connectivity index (χ2v) is 6.46. The van der Waals surface area contributed by atoms with Gasteiger partial charge < -0.3 is 19.7 Å². The molecule has 1 N–H and O–H groups in total. The highest BCUT2D eigenvalue weighted by Gasteiger charge is 2.24. The molecule has 2 aromatic rings. The van der Waals surface area contributed by atoms with Crippen molar-refractivity contribution in [3.63, 3.8) is 0 Å². The zero-order valence-corrected chi connectivity index (χ0v) is 15.2. The molecule has 1 aromatic heterocycles. The minimum Gasteiger partial charge on any atom is -0.497 e. The lowest BCUT2D eigenvalue weighted by molar-refractivity contribution is -0.117. The molecule has 1 aliphatic rings. The number of anilines is 2. The minimum atomic E-state index is -0.518. The van der Waals surface area contributed by atoms with Gasteiger partial charge in [-0.05, 0) is 18.6 Å². The van der Waals surface area contributed by atoms with Crippen LogP contribution in [0.4, 0.5) is 11.4 Å². The van der Waals surface area contributed by atoms with E-state index in [1.165, 1.54) is 25.6 Å². The Morgan fingerprint density at radius 1 is 1.19 bits per heavy atom. The Labute approximate surface area is 154 Å².